The number of ketones is 1. The molecule has 1 fully saturated rings. The zero-order valence-corrected chi connectivity index (χ0v) is 11.3. The number of carbonyl (C=O) groups is 2. The van der Waals surface area contributed by atoms with Crippen LogP contribution in [0.1, 0.15) is 26.7 Å². The molecule has 1 saturated heterocycles. The standard InChI is InChI=1S/C12H20O4S/c1-3-16-11(14)12(6-8-17-4-2)9-15-7-5-10(12)13/h3-9H2,1-2H3. The molecular weight excluding hydrogens is 240 g/mol. The monoisotopic (exact) mass is 260 g/mol. The molecule has 5 heteroatoms. The first-order chi connectivity index (χ1) is 8.17. The Morgan fingerprint density at radius 3 is 2.88 bits per heavy atom. The Hall–Kier alpha value is -0.550. The predicted octanol–water partition coefficient (Wildman–Crippen LogP) is 1.67. The molecule has 0 bridgehead atoms. The summed E-state index contributed by atoms with van der Waals surface area (Å²) in [5.74, 6) is 1.32. The van der Waals surface area contributed by atoms with Crippen molar-refractivity contribution in [2.45, 2.75) is 26.7 Å². The second-order valence-corrected chi connectivity index (χ2v) is 5.37. The molecule has 0 spiro atoms. The van der Waals surface area contributed by atoms with Crippen molar-refractivity contribution < 1.29 is 19.1 Å². The number of hydrogen-bond acceptors (Lipinski definition) is 5. The summed E-state index contributed by atoms with van der Waals surface area (Å²) in [5.41, 5.74) is -1.05. The summed E-state index contributed by atoms with van der Waals surface area (Å²) in [5, 5.41) is 0. The maximum absolute atomic E-state index is 12.0. The lowest BCUT2D eigenvalue weighted by molar-refractivity contribution is -0.169. The van der Waals surface area contributed by atoms with E-state index in [9.17, 15) is 9.59 Å². The molecule has 1 aliphatic rings. The van der Waals surface area contributed by atoms with Crippen LogP contribution in [0.2, 0.25) is 0 Å². The number of carbonyl (C=O) groups excluding carboxylic acids is 2. The quantitative estimate of drug-likeness (QED) is 0.413. The normalized spacial score (nSPS) is 24.7. The number of esters is 1. The topological polar surface area (TPSA) is 52.6 Å². The average molecular weight is 260 g/mol. The molecule has 1 unspecified atom stereocenters. The van der Waals surface area contributed by atoms with Gasteiger partial charge in [0.1, 0.15) is 0 Å². The third-order valence-electron chi connectivity index (χ3n) is 2.90. The molecule has 0 N–H and O–H groups in total. The Morgan fingerprint density at radius 1 is 1.53 bits per heavy atom. The predicted molar refractivity (Wildman–Crippen MR) is 67.1 cm³/mol. The summed E-state index contributed by atoms with van der Waals surface area (Å²) in [6.07, 6.45) is 0.832. The van der Waals surface area contributed by atoms with Crippen LogP contribution in [0.4, 0.5) is 0 Å². The van der Waals surface area contributed by atoms with Gasteiger partial charge in [-0.1, -0.05) is 6.92 Å². The summed E-state index contributed by atoms with van der Waals surface area (Å²) in [6.45, 7) is 4.70. The molecular formula is C12H20O4S. The fourth-order valence-electron chi connectivity index (χ4n) is 1.88. The molecule has 0 aromatic carbocycles. The third-order valence-corrected chi connectivity index (χ3v) is 3.80. The molecule has 1 atom stereocenters. The number of thioether (sulfide) groups is 1. The van der Waals surface area contributed by atoms with Crippen LogP contribution in [0.15, 0.2) is 0 Å². The third kappa shape index (κ3) is 3.45. The number of ether oxygens (including phenoxy) is 2. The first-order valence-electron chi connectivity index (χ1n) is 6.03. The minimum Gasteiger partial charge on any atom is -0.465 e. The largest absolute Gasteiger partial charge is 0.465 e. The fourth-order valence-corrected chi connectivity index (χ4v) is 2.66. The van der Waals surface area contributed by atoms with Gasteiger partial charge in [0.25, 0.3) is 0 Å². The molecule has 0 aliphatic carbocycles. The van der Waals surface area contributed by atoms with Crippen molar-refractivity contribution in [1.82, 2.24) is 0 Å². The lowest BCUT2D eigenvalue weighted by Gasteiger charge is -2.33. The molecule has 1 aliphatic heterocycles. The van der Waals surface area contributed by atoms with Crippen LogP contribution >= 0.6 is 11.8 Å². The van der Waals surface area contributed by atoms with E-state index in [1.807, 2.05) is 0 Å². The van der Waals surface area contributed by atoms with Crippen LogP contribution in [0.5, 0.6) is 0 Å². The maximum atomic E-state index is 12.0. The van der Waals surface area contributed by atoms with Gasteiger partial charge in [-0.25, -0.2) is 0 Å². The van der Waals surface area contributed by atoms with Gasteiger partial charge < -0.3 is 9.47 Å². The van der Waals surface area contributed by atoms with Gasteiger partial charge in [-0.05, 0) is 24.9 Å². The Bertz CT molecular complexity index is 280. The highest BCUT2D eigenvalue weighted by Gasteiger charge is 2.48. The van der Waals surface area contributed by atoms with Crippen molar-refractivity contribution in [3.8, 4) is 0 Å². The smallest absolute Gasteiger partial charge is 0.322 e. The first kappa shape index (κ1) is 14.5. The second kappa shape index (κ2) is 7.01. The van der Waals surface area contributed by atoms with E-state index in [0.29, 0.717) is 26.1 Å². The van der Waals surface area contributed by atoms with E-state index in [-0.39, 0.29) is 12.4 Å². The number of rotatable bonds is 6. The van der Waals surface area contributed by atoms with Gasteiger partial charge in [0.2, 0.25) is 0 Å². The van der Waals surface area contributed by atoms with Gasteiger partial charge in [-0.2, -0.15) is 11.8 Å². The Kier molecular flexibility index (Phi) is 5.98. The van der Waals surface area contributed by atoms with Gasteiger partial charge >= 0.3 is 5.97 Å². The molecule has 1 rings (SSSR count). The lowest BCUT2D eigenvalue weighted by atomic mass is 9.79. The maximum Gasteiger partial charge on any atom is 0.322 e. The average Bonchev–Trinajstić information content (AvgIpc) is 2.32. The molecule has 1 heterocycles. The van der Waals surface area contributed by atoms with E-state index in [2.05, 4.69) is 6.92 Å². The second-order valence-electron chi connectivity index (χ2n) is 3.98. The van der Waals surface area contributed by atoms with E-state index >= 15 is 0 Å². The van der Waals surface area contributed by atoms with Crippen molar-refractivity contribution in [1.29, 1.82) is 0 Å². The van der Waals surface area contributed by atoms with Gasteiger partial charge in [-0.15, -0.1) is 0 Å². The fraction of sp³-hybridized carbons (Fsp3) is 0.833. The molecule has 0 aromatic rings. The summed E-state index contributed by atoms with van der Waals surface area (Å²) >= 11 is 1.72. The lowest BCUT2D eigenvalue weighted by Crippen LogP contribution is -2.48. The Labute approximate surface area is 106 Å². The van der Waals surface area contributed by atoms with Crippen LogP contribution in [-0.4, -0.2) is 43.1 Å². The molecule has 98 valence electrons. The Morgan fingerprint density at radius 2 is 2.29 bits per heavy atom. The summed E-state index contributed by atoms with van der Waals surface area (Å²) < 4.78 is 10.4. The van der Waals surface area contributed by atoms with Crippen molar-refractivity contribution >= 4 is 23.5 Å². The highest BCUT2D eigenvalue weighted by Crippen LogP contribution is 2.32. The van der Waals surface area contributed by atoms with Crippen molar-refractivity contribution in [3.05, 3.63) is 0 Å². The number of hydrogen-bond donors (Lipinski definition) is 0. The summed E-state index contributed by atoms with van der Waals surface area (Å²) in [6, 6.07) is 0. The molecule has 0 saturated carbocycles. The minimum atomic E-state index is -1.05. The SMILES string of the molecule is CCOC(=O)C1(CCSCC)COCCC1=O. The highest BCUT2D eigenvalue weighted by molar-refractivity contribution is 7.99. The van der Waals surface area contributed by atoms with Crippen LogP contribution in [0.25, 0.3) is 0 Å². The van der Waals surface area contributed by atoms with Crippen LogP contribution in [0.3, 0.4) is 0 Å². The zero-order chi connectivity index (χ0) is 12.7. The highest BCUT2D eigenvalue weighted by atomic mass is 32.2. The molecule has 0 amide bonds. The van der Waals surface area contributed by atoms with Crippen molar-refractivity contribution in [3.63, 3.8) is 0 Å². The zero-order valence-electron chi connectivity index (χ0n) is 10.5. The van der Waals surface area contributed by atoms with Gasteiger partial charge in [0.05, 0.1) is 19.8 Å². The number of Topliss-reactive ketones (excluding diaryl/α,β-unsaturated/α-hetero) is 1. The first-order valence-corrected chi connectivity index (χ1v) is 7.19. The van der Waals surface area contributed by atoms with Crippen molar-refractivity contribution in [2.24, 2.45) is 5.41 Å². The molecule has 4 nitrogen and oxygen atoms in total. The summed E-state index contributed by atoms with van der Waals surface area (Å²) in [4.78, 5) is 24.0. The molecule has 17 heavy (non-hydrogen) atoms. The van der Waals surface area contributed by atoms with Crippen LogP contribution < -0.4 is 0 Å². The van der Waals surface area contributed by atoms with E-state index < -0.39 is 11.4 Å². The van der Waals surface area contributed by atoms with Crippen LogP contribution in [-0.2, 0) is 19.1 Å². The van der Waals surface area contributed by atoms with Crippen molar-refractivity contribution in [2.75, 3.05) is 31.3 Å². The van der Waals surface area contributed by atoms with E-state index in [1.165, 1.54) is 0 Å². The molecule has 0 radical (unpaired) electrons. The van der Waals surface area contributed by atoms with Gasteiger partial charge in [-0.3, -0.25) is 9.59 Å². The molecule has 0 aromatic heterocycles. The van der Waals surface area contributed by atoms with E-state index in [4.69, 9.17) is 9.47 Å². The Balaban J connectivity index is 2.74. The minimum absolute atomic E-state index is 0.0288. The van der Waals surface area contributed by atoms with E-state index in [1.54, 1.807) is 18.7 Å². The van der Waals surface area contributed by atoms with Gasteiger partial charge in [0, 0.05) is 6.42 Å². The summed E-state index contributed by atoms with van der Waals surface area (Å²) in [7, 11) is 0. The van der Waals surface area contributed by atoms with Gasteiger partial charge in [0.15, 0.2) is 11.2 Å². The van der Waals surface area contributed by atoms with Crippen LogP contribution in [0, 0.1) is 5.41 Å². The van der Waals surface area contributed by atoms with E-state index in [0.717, 1.165) is 11.5 Å².